The molecule has 0 aliphatic carbocycles. The number of thiophene rings is 1. The van der Waals surface area contributed by atoms with Crippen molar-refractivity contribution in [3.05, 3.63) is 21.9 Å². The third-order valence-corrected chi connectivity index (χ3v) is 5.36. The molecule has 0 aromatic carbocycles. The Labute approximate surface area is 126 Å². The maximum absolute atomic E-state index is 12.4. The lowest BCUT2D eigenvalue weighted by molar-refractivity contribution is -0.125. The summed E-state index contributed by atoms with van der Waals surface area (Å²) in [5.74, 6) is -0.261. The number of likely N-dealkylation sites (tertiary alicyclic amines) is 1. The van der Waals surface area contributed by atoms with Gasteiger partial charge in [0.15, 0.2) is 0 Å². The Bertz CT molecular complexity index is 602. The van der Waals surface area contributed by atoms with Gasteiger partial charge in [-0.2, -0.15) is 0 Å². The van der Waals surface area contributed by atoms with Crippen LogP contribution in [0.3, 0.4) is 0 Å². The Morgan fingerprint density at radius 3 is 2.57 bits per heavy atom. The van der Waals surface area contributed by atoms with E-state index >= 15 is 0 Å². The average Bonchev–Trinajstić information content (AvgIpc) is 3.05. The fourth-order valence-corrected chi connectivity index (χ4v) is 3.73. The summed E-state index contributed by atoms with van der Waals surface area (Å²) >= 11 is 1.52. The summed E-state index contributed by atoms with van der Waals surface area (Å²) < 4.78 is 0. The monoisotopic (exact) mass is 307 g/mol. The first-order valence-corrected chi connectivity index (χ1v) is 7.87. The molecular formula is C14H17N3O3S. The fraction of sp³-hybridized carbons (Fsp3) is 0.500. The van der Waals surface area contributed by atoms with E-state index in [0.717, 1.165) is 11.3 Å². The summed E-state index contributed by atoms with van der Waals surface area (Å²) in [6, 6.07) is 3.40. The highest BCUT2D eigenvalue weighted by atomic mass is 32.1. The molecule has 1 spiro atoms. The minimum absolute atomic E-state index is 0.0132. The molecule has 1 aromatic rings. The molecule has 1 aromatic heterocycles. The topological polar surface area (TPSA) is 78.5 Å². The molecule has 2 fully saturated rings. The van der Waals surface area contributed by atoms with Crippen LogP contribution in [0.5, 0.6) is 0 Å². The Balaban J connectivity index is 1.67. The lowest BCUT2D eigenvalue weighted by atomic mass is 9.87. The van der Waals surface area contributed by atoms with Crippen LogP contribution < -0.4 is 10.6 Å². The van der Waals surface area contributed by atoms with E-state index < -0.39 is 11.6 Å². The molecule has 2 saturated heterocycles. The van der Waals surface area contributed by atoms with Gasteiger partial charge in [0.25, 0.3) is 11.8 Å². The van der Waals surface area contributed by atoms with Crippen molar-refractivity contribution >= 4 is 29.2 Å². The molecule has 4 amide bonds. The van der Waals surface area contributed by atoms with Crippen LogP contribution in [0.15, 0.2) is 12.1 Å². The van der Waals surface area contributed by atoms with Gasteiger partial charge in [-0.15, -0.1) is 11.3 Å². The van der Waals surface area contributed by atoms with E-state index in [0.29, 0.717) is 25.9 Å². The van der Waals surface area contributed by atoms with Crippen molar-refractivity contribution in [1.29, 1.82) is 0 Å². The number of amides is 4. The van der Waals surface area contributed by atoms with Crippen LogP contribution in [0.4, 0.5) is 4.79 Å². The molecule has 0 saturated carbocycles. The first-order chi connectivity index (χ1) is 10.0. The van der Waals surface area contributed by atoms with Crippen LogP contribution in [0.2, 0.25) is 0 Å². The molecule has 2 N–H and O–H groups in total. The van der Waals surface area contributed by atoms with Crippen molar-refractivity contribution in [2.45, 2.75) is 31.7 Å². The van der Waals surface area contributed by atoms with Crippen LogP contribution >= 0.6 is 11.3 Å². The van der Waals surface area contributed by atoms with E-state index in [9.17, 15) is 14.4 Å². The normalized spacial score (nSPS) is 20.5. The van der Waals surface area contributed by atoms with Gasteiger partial charge in [0.2, 0.25) is 0 Å². The number of hydrogen-bond donors (Lipinski definition) is 2. The number of rotatable bonds is 2. The zero-order valence-electron chi connectivity index (χ0n) is 11.8. The number of carbonyl (C=O) groups excluding carboxylic acids is 3. The van der Waals surface area contributed by atoms with E-state index in [1.165, 1.54) is 16.2 Å². The lowest BCUT2D eigenvalue weighted by Crippen LogP contribution is -2.55. The third kappa shape index (κ3) is 2.42. The molecular weight excluding hydrogens is 290 g/mol. The van der Waals surface area contributed by atoms with Gasteiger partial charge in [-0.25, -0.2) is 4.79 Å². The number of carbonyl (C=O) groups is 3. The second-order valence-electron chi connectivity index (χ2n) is 5.40. The zero-order chi connectivity index (χ0) is 15.0. The number of imide groups is 1. The molecule has 112 valence electrons. The smallest absolute Gasteiger partial charge is 0.322 e. The number of aryl methyl sites for hydroxylation is 1. The predicted octanol–water partition coefficient (Wildman–Crippen LogP) is 1.12. The number of urea groups is 1. The van der Waals surface area contributed by atoms with E-state index in [-0.39, 0.29) is 11.8 Å². The highest BCUT2D eigenvalue weighted by Crippen LogP contribution is 2.27. The standard InChI is InChI=1S/C14H17N3O3S/c1-2-9-3-4-10(21-9)11(18)17-7-5-14(6-8-17)12(19)15-13(20)16-14/h3-4H,2,5-8H2,1H3,(H2,15,16,19,20). The van der Waals surface area contributed by atoms with E-state index in [2.05, 4.69) is 17.6 Å². The summed E-state index contributed by atoms with van der Waals surface area (Å²) in [5, 5.41) is 4.97. The van der Waals surface area contributed by atoms with E-state index in [1.807, 2.05) is 12.1 Å². The highest BCUT2D eigenvalue weighted by Gasteiger charge is 2.48. The van der Waals surface area contributed by atoms with Gasteiger partial charge >= 0.3 is 6.03 Å². The quantitative estimate of drug-likeness (QED) is 0.804. The highest BCUT2D eigenvalue weighted by molar-refractivity contribution is 7.14. The molecule has 3 rings (SSSR count). The predicted molar refractivity (Wildman–Crippen MR) is 78.2 cm³/mol. The molecule has 2 aliphatic rings. The number of hydrogen-bond acceptors (Lipinski definition) is 4. The molecule has 0 radical (unpaired) electrons. The summed E-state index contributed by atoms with van der Waals surface area (Å²) in [7, 11) is 0. The van der Waals surface area contributed by atoms with Crippen molar-refractivity contribution in [2.75, 3.05) is 13.1 Å². The van der Waals surface area contributed by atoms with Crippen LogP contribution in [0.25, 0.3) is 0 Å². The Hall–Kier alpha value is -1.89. The van der Waals surface area contributed by atoms with E-state index in [1.54, 1.807) is 4.90 Å². The molecule has 0 unspecified atom stereocenters. The molecule has 3 heterocycles. The first kappa shape index (κ1) is 14.1. The fourth-order valence-electron chi connectivity index (χ4n) is 2.81. The minimum atomic E-state index is -0.822. The van der Waals surface area contributed by atoms with Crippen LogP contribution in [0, 0.1) is 0 Å². The van der Waals surface area contributed by atoms with Crippen molar-refractivity contribution in [3.63, 3.8) is 0 Å². The second-order valence-corrected chi connectivity index (χ2v) is 6.57. The van der Waals surface area contributed by atoms with Crippen molar-refractivity contribution in [2.24, 2.45) is 0 Å². The van der Waals surface area contributed by atoms with Gasteiger partial charge in [-0.05, 0) is 31.4 Å². The van der Waals surface area contributed by atoms with Gasteiger partial charge in [0, 0.05) is 18.0 Å². The number of nitrogens with zero attached hydrogens (tertiary/aromatic N) is 1. The first-order valence-electron chi connectivity index (χ1n) is 7.06. The van der Waals surface area contributed by atoms with Crippen molar-refractivity contribution in [1.82, 2.24) is 15.5 Å². The van der Waals surface area contributed by atoms with Crippen LogP contribution in [-0.4, -0.2) is 41.4 Å². The molecule has 0 atom stereocenters. The Morgan fingerprint density at radius 2 is 2.05 bits per heavy atom. The number of nitrogens with one attached hydrogen (secondary N) is 2. The Morgan fingerprint density at radius 1 is 1.33 bits per heavy atom. The third-order valence-electron chi connectivity index (χ3n) is 4.14. The minimum Gasteiger partial charge on any atom is -0.338 e. The molecule has 0 bridgehead atoms. The SMILES string of the molecule is CCc1ccc(C(=O)N2CCC3(CC2)NC(=O)NC3=O)s1. The molecule has 21 heavy (non-hydrogen) atoms. The van der Waals surface area contributed by atoms with Gasteiger partial charge in [-0.1, -0.05) is 6.92 Å². The second kappa shape index (κ2) is 5.14. The summed E-state index contributed by atoms with van der Waals surface area (Å²) in [5.41, 5.74) is -0.822. The van der Waals surface area contributed by atoms with Crippen molar-refractivity contribution in [3.8, 4) is 0 Å². The van der Waals surface area contributed by atoms with E-state index in [4.69, 9.17) is 0 Å². The van der Waals surface area contributed by atoms with Gasteiger partial charge < -0.3 is 10.2 Å². The zero-order valence-corrected chi connectivity index (χ0v) is 12.6. The summed E-state index contributed by atoms with van der Waals surface area (Å²) in [4.78, 5) is 39.2. The lowest BCUT2D eigenvalue weighted by Gasteiger charge is -2.36. The van der Waals surface area contributed by atoms with Crippen LogP contribution in [0.1, 0.15) is 34.3 Å². The Kier molecular flexibility index (Phi) is 3.44. The van der Waals surface area contributed by atoms with Gasteiger partial charge in [0.1, 0.15) is 5.54 Å². The molecule has 7 heteroatoms. The van der Waals surface area contributed by atoms with Gasteiger partial charge in [-0.3, -0.25) is 14.9 Å². The maximum atomic E-state index is 12.4. The molecule has 6 nitrogen and oxygen atoms in total. The van der Waals surface area contributed by atoms with Gasteiger partial charge in [0.05, 0.1) is 4.88 Å². The largest absolute Gasteiger partial charge is 0.338 e. The van der Waals surface area contributed by atoms with Crippen LogP contribution in [-0.2, 0) is 11.2 Å². The summed E-state index contributed by atoms with van der Waals surface area (Å²) in [6.45, 7) is 3.02. The van der Waals surface area contributed by atoms with Crippen molar-refractivity contribution < 1.29 is 14.4 Å². The summed E-state index contributed by atoms with van der Waals surface area (Å²) in [6.07, 6.45) is 1.85. The average molecular weight is 307 g/mol. The molecule has 2 aliphatic heterocycles. The number of piperidine rings is 1. The maximum Gasteiger partial charge on any atom is 0.322 e.